The van der Waals surface area contributed by atoms with Gasteiger partial charge in [-0.15, -0.1) is 0 Å². The number of nitrogens with one attached hydrogen (secondary N) is 1. The highest BCUT2D eigenvalue weighted by Gasteiger charge is 2.42. The minimum Gasteiger partial charge on any atom is -0.467 e. The summed E-state index contributed by atoms with van der Waals surface area (Å²) in [7, 11) is 1.18. The summed E-state index contributed by atoms with van der Waals surface area (Å²) < 4.78 is 4.75. The summed E-state index contributed by atoms with van der Waals surface area (Å²) in [5.74, 6) is -1.36. The fourth-order valence-electron chi connectivity index (χ4n) is 3.00. The van der Waals surface area contributed by atoms with E-state index in [1.807, 2.05) is 0 Å². The van der Waals surface area contributed by atoms with Crippen molar-refractivity contribution in [3.8, 4) is 0 Å². The molecule has 5 amide bonds. The second-order valence-corrected chi connectivity index (χ2v) is 7.89. The van der Waals surface area contributed by atoms with Crippen LogP contribution in [0, 0.1) is 0 Å². The van der Waals surface area contributed by atoms with E-state index in [1.165, 1.54) is 25.3 Å². The summed E-state index contributed by atoms with van der Waals surface area (Å²) >= 11 is 17.7. The molecule has 1 saturated heterocycles. The van der Waals surface area contributed by atoms with E-state index in [0.717, 1.165) is 4.90 Å². The van der Waals surface area contributed by atoms with Gasteiger partial charge in [-0.05, 0) is 35.9 Å². The van der Waals surface area contributed by atoms with Crippen molar-refractivity contribution >= 4 is 64.4 Å². The fraction of sp³-hybridized carbons (Fsp3) is 0.200. The Bertz CT molecular complexity index is 1020. The summed E-state index contributed by atoms with van der Waals surface area (Å²) in [5, 5.41) is 3.41. The number of amides is 5. The monoisotopic (exact) mass is 483 g/mol. The van der Waals surface area contributed by atoms with Crippen LogP contribution >= 0.6 is 34.8 Å². The molecule has 3 rings (SSSR count). The van der Waals surface area contributed by atoms with E-state index in [2.05, 4.69) is 5.32 Å². The molecule has 1 N–H and O–H groups in total. The second-order valence-electron chi connectivity index (χ2n) is 6.58. The Kier molecular flexibility index (Phi) is 7.04. The summed E-state index contributed by atoms with van der Waals surface area (Å²) in [4.78, 5) is 51.5. The number of ether oxygens (including phenoxy) is 1. The summed E-state index contributed by atoms with van der Waals surface area (Å²) in [6, 6.07) is 7.97. The third-order valence-corrected chi connectivity index (χ3v) is 5.14. The van der Waals surface area contributed by atoms with Gasteiger partial charge in [-0.3, -0.25) is 4.79 Å². The van der Waals surface area contributed by atoms with Crippen LogP contribution in [0.3, 0.4) is 0 Å². The number of anilines is 1. The zero-order chi connectivity index (χ0) is 22.7. The lowest BCUT2D eigenvalue weighted by molar-refractivity contribution is -0.142. The first-order valence-electron chi connectivity index (χ1n) is 8.93. The van der Waals surface area contributed by atoms with Crippen molar-refractivity contribution in [3.63, 3.8) is 0 Å². The molecule has 0 aliphatic carbocycles. The number of hydrogen-bond acceptors (Lipinski definition) is 5. The van der Waals surface area contributed by atoms with E-state index in [9.17, 15) is 19.2 Å². The number of benzene rings is 2. The minimum absolute atomic E-state index is 0.0964. The molecule has 8 nitrogen and oxygen atoms in total. The average molecular weight is 485 g/mol. The predicted molar refractivity (Wildman–Crippen MR) is 116 cm³/mol. The molecule has 2 aromatic carbocycles. The van der Waals surface area contributed by atoms with E-state index in [1.54, 1.807) is 24.3 Å². The van der Waals surface area contributed by atoms with Crippen molar-refractivity contribution in [3.05, 3.63) is 63.1 Å². The molecule has 1 aliphatic rings. The highest BCUT2D eigenvalue weighted by molar-refractivity contribution is 6.35. The van der Waals surface area contributed by atoms with Crippen LogP contribution in [0.1, 0.15) is 5.56 Å². The molecule has 2 aromatic rings. The molecular formula is C20H16Cl3N3O5. The molecule has 1 aliphatic heterocycles. The molecule has 0 saturated carbocycles. The van der Waals surface area contributed by atoms with E-state index in [4.69, 9.17) is 39.5 Å². The zero-order valence-electron chi connectivity index (χ0n) is 16.1. The number of nitrogens with zero attached hydrogens (tertiary/aromatic N) is 2. The van der Waals surface area contributed by atoms with E-state index < -0.39 is 36.5 Å². The van der Waals surface area contributed by atoms with Crippen molar-refractivity contribution in [2.24, 2.45) is 0 Å². The number of rotatable bonds is 5. The van der Waals surface area contributed by atoms with Crippen LogP contribution < -0.4 is 10.2 Å². The highest BCUT2D eigenvalue weighted by atomic mass is 35.5. The van der Waals surface area contributed by atoms with Crippen LogP contribution in [0.2, 0.25) is 15.1 Å². The van der Waals surface area contributed by atoms with Crippen LogP contribution in [-0.2, 0) is 20.7 Å². The van der Waals surface area contributed by atoms with Crippen LogP contribution in [0.25, 0.3) is 0 Å². The van der Waals surface area contributed by atoms with Gasteiger partial charge in [-0.25, -0.2) is 24.2 Å². The number of urea groups is 2. The lowest BCUT2D eigenvalue weighted by Crippen LogP contribution is -2.50. The molecule has 11 heteroatoms. The number of methoxy groups -OCH3 is 1. The van der Waals surface area contributed by atoms with Gasteiger partial charge in [0.25, 0.3) is 5.91 Å². The lowest BCUT2D eigenvalue weighted by atomic mass is 10.1. The maximum Gasteiger partial charge on any atom is 0.340 e. The highest BCUT2D eigenvalue weighted by Crippen LogP contribution is 2.28. The van der Waals surface area contributed by atoms with Gasteiger partial charge in [-0.2, -0.15) is 0 Å². The number of esters is 1. The average Bonchev–Trinajstić information content (AvgIpc) is 3.01. The van der Waals surface area contributed by atoms with Crippen LogP contribution in [0.15, 0.2) is 42.5 Å². The number of carbonyl (C=O) groups is 4. The Balaban J connectivity index is 1.77. The van der Waals surface area contributed by atoms with Gasteiger partial charge >= 0.3 is 18.0 Å². The smallest absolute Gasteiger partial charge is 0.340 e. The fourth-order valence-corrected chi connectivity index (χ4v) is 3.64. The quantitative estimate of drug-likeness (QED) is 0.513. The molecule has 1 atom stereocenters. The molecular weight excluding hydrogens is 469 g/mol. The predicted octanol–water partition coefficient (Wildman–Crippen LogP) is 3.91. The maximum atomic E-state index is 12.8. The molecule has 1 fully saturated rings. The Hall–Kier alpha value is -2.81. The Morgan fingerprint density at radius 1 is 1.03 bits per heavy atom. The van der Waals surface area contributed by atoms with E-state index >= 15 is 0 Å². The van der Waals surface area contributed by atoms with E-state index in [-0.39, 0.29) is 22.2 Å². The number of imide groups is 2. The molecule has 0 radical (unpaired) electrons. The van der Waals surface area contributed by atoms with Gasteiger partial charge in [0.1, 0.15) is 12.6 Å². The second kappa shape index (κ2) is 9.55. The molecule has 0 spiro atoms. The van der Waals surface area contributed by atoms with Crippen molar-refractivity contribution in [1.82, 2.24) is 10.2 Å². The largest absolute Gasteiger partial charge is 0.467 e. The number of halogens is 3. The third-order valence-electron chi connectivity index (χ3n) is 4.45. The van der Waals surface area contributed by atoms with Gasteiger partial charge in [0.05, 0.1) is 12.8 Å². The number of hydrogen-bond donors (Lipinski definition) is 1. The van der Waals surface area contributed by atoms with Crippen molar-refractivity contribution < 1.29 is 23.9 Å². The summed E-state index contributed by atoms with van der Waals surface area (Å²) in [6.45, 7) is -0.510. The van der Waals surface area contributed by atoms with Crippen LogP contribution in [-0.4, -0.2) is 48.5 Å². The maximum absolute atomic E-state index is 12.8. The van der Waals surface area contributed by atoms with Gasteiger partial charge < -0.3 is 10.1 Å². The normalized spacial score (nSPS) is 14.6. The molecule has 1 heterocycles. The molecule has 0 aromatic heterocycles. The van der Waals surface area contributed by atoms with Crippen LogP contribution in [0.5, 0.6) is 0 Å². The first-order valence-corrected chi connectivity index (χ1v) is 10.1. The van der Waals surface area contributed by atoms with Crippen LogP contribution in [0.4, 0.5) is 15.3 Å². The number of carbonyl (C=O) groups excluding carboxylic acids is 4. The van der Waals surface area contributed by atoms with Crippen molar-refractivity contribution in [2.75, 3.05) is 18.6 Å². The molecule has 31 heavy (non-hydrogen) atoms. The molecule has 1 unspecified atom stereocenters. The van der Waals surface area contributed by atoms with Crippen molar-refractivity contribution in [1.29, 1.82) is 0 Å². The van der Waals surface area contributed by atoms with E-state index in [0.29, 0.717) is 15.5 Å². The minimum atomic E-state index is -1.09. The van der Waals surface area contributed by atoms with Gasteiger partial charge in [0, 0.05) is 21.5 Å². The zero-order valence-corrected chi connectivity index (χ0v) is 18.4. The lowest BCUT2D eigenvalue weighted by Gasteiger charge is -2.21. The topological polar surface area (TPSA) is 96.0 Å². The first kappa shape index (κ1) is 22.9. The van der Waals surface area contributed by atoms with Gasteiger partial charge in [-0.1, -0.05) is 46.9 Å². The van der Waals surface area contributed by atoms with Crippen molar-refractivity contribution in [2.45, 2.75) is 12.5 Å². The summed E-state index contributed by atoms with van der Waals surface area (Å²) in [5.41, 5.74) is 0.840. The summed E-state index contributed by atoms with van der Waals surface area (Å²) in [6.07, 6.45) is 0.0964. The first-order chi connectivity index (χ1) is 14.7. The van der Waals surface area contributed by atoms with Gasteiger partial charge in [0.2, 0.25) is 0 Å². The Labute approximate surface area is 192 Å². The Morgan fingerprint density at radius 3 is 2.23 bits per heavy atom. The SMILES string of the molecule is COC(=O)C(Cc1ccc(Cl)cc1)NC(=O)N1CC(=O)N(c2cc(Cl)cc(Cl)c2)C1=O. The van der Waals surface area contributed by atoms with Gasteiger partial charge in [0.15, 0.2) is 0 Å². The third kappa shape index (κ3) is 5.28. The standard InChI is InChI=1S/C20H16Cl3N3O5/c1-31-18(28)16(6-11-2-4-12(21)5-3-11)24-19(29)25-10-17(27)26(20(25)30)15-8-13(22)7-14(23)9-15/h2-5,7-9,16H,6,10H2,1H3,(H,24,29). The molecule has 162 valence electrons. The Morgan fingerprint density at radius 2 is 1.65 bits per heavy atom. The molecule has 0 bridgehead atoms.